The van der Waals surface area contributed by atoms with E-state index in [1.165, 1.54) is 0 Å². The Kier molecular flexibility index (Phi) is 3.37. The average molecular weight is 266 g/mol. The summed E-state index contributed by atoms with van der Waals surface area (Å²) < 4.78 is 1.77. The van der Waals surface area contributed by atoms with Crippen molar-refractivity contribution in [1.29, 1.82) is 5.26 Å². The van der Waals surface area contributed by atoms with Gasteiger partial charge in [0.15, 0.2) is 0 Å². The molecule has 1 heterocycles. The van der Waals surface area contributed by atoms with Gasteiger partial charge in [0, 0.05) is 5.02 Å². The highest BCUT2D eigenvalue weighted by atomic mass is 35.5. The molecular formula is C12H9Cl2N3. The Hall–Kier alpha value is -1.50. The zero-order valence-electron chi connectivity index (χ0n) is 9.11. The lowest BCUT2D eigenvalue weighted by Crippen LogP contribution is -2.04. The maximum absolute atomic E-state index is 8.75. The lowest BCUT2D eigenvalue weighted by atomic mass is 10.1. The second kappa shape index (κ2) is 4.79. The second-order valence-electron chi connectivity index (χ2n) is 3.65. The molecule has 2 aromatic rings. The minimum Gasteiger partial charge on any atom is -0.264 e. The van der Waals surface area contributed by atoms with Crippen LogP contribution in [0.3, 0.4) is 0 Å². The Bertz CT molecular complexity index is 596. The van der Waals surface area contributed by atoms with Crippen LogP contribution in [0, 0.1) is 18.3 Å². The van der Waals surface area contributed by atoms with Crippen molar-refractivity contribution in [1.82, 2.24) is 9.78 Å². The third kappa shape index (κ3) is 2.44. The predicted molar refractivity (Wildman–Crippen MR) is 67.2 cm³/mol. The summed E-state index contributed by atoms with van der Waals surface area (Å²) in [6.07, 6.45) is 1.61. The minimum absolute atomic E-state index is 0.545. The van der Waals surface area contributed by atoms with Crippen molar-refractivity contribution in [3.8, 4) is 6.07 Å². The molecule has 0 aliphatic heterocycles. The molecule has 0 saturated carbocycles. The van der Waals surface area contributed by atoms with Gasteiger partial charge in [0.2, 0.25) is 0 Å². The molecule has 0 bridgehead atoms. The van der Waals surface area contributed by atoms with Gasteiger partial charge in [0.25, 0.3) is 0 Å². The van der Waals surface area contributed by atoms with Gasteiger partial charge in [-0.3, -0.25) is 4.68 Å². The summed E-state index contributed by atoms with van der Waals surface area (Å²) in [5.74, 6) is 0. The molecule has 0 atom stereocenters. The summed E-state index contributed by atoms with van der Waals surface area (Å²) in [4.78, 5) is 0. The highest BCUT2D eigenvalue weighted by molar-refractivity contribution is 6.31. The SMILES string of the molecule is Cc1c(Cl)cnn1Cc1ccc(C#N)cc1Cl. The molecule has 0 fully saturated rings. The molecule has 1 aromatic carbocycles. The predicted octanol–water partition coefficient (Wildman–Crippen LogP) is 3.42. The van der Waals surface area contributed by atoms with Crippen LogP contribution in [0.15, 0.2) is 24.4 Å². The molecule has 0 unspecified atom stereocenters. The molecule has 0 amide bonds. The molecule has 0 aliphatic carbocycles. The summed E-state index contributed by atoms with van der Waals surface area (Å²) >= 11 is 12.0. The maximum atomic E-state index is 8.75. The summed E-state index contributed by atoms with van der Waals surface area (Å²) in [5, 5.41) is 14.1. The monoisotopic (exact) mass is 265 g/mol. The number of hydrogen-bond donors (Lipinski definition) is 0. The molecule has 0 aliphatic rings. The lowest BCUT2D eigenvalue weighted by molar-refractivity contribution is 0.665. The lowest BCUT2D eigenvalue weighted by Gasteiger charge is -2.07. The third-order valence-corrected chi connectivity index (χ3v) is 3.27. The summed E-state index contributed by atoms with van der Waals surface area (Å²) in [6.45, 7) is 2.44. The Morgan fingerprint density at radius 2 is 2.12 bits per heavy atom. The van der Waals surface area contributed by atoms with Crippen LogP contribution in [-0.2, 0) is 6.54 Å². The molecular weight excluding hydrogens is 257 g/mol. The molecule has 0 saturated heterocycles. The number of rotatable bonds is 2. The first kappa shape index (κ1) is 12.0. The Morgan fingerprint density at radius 3 is 2.65 bits per heavy atom. The largest absolute Gasteiger partial charge is 0.264 e. The van der Waals surface area contributed by atoms with Crippen molar-refractivity contribution in [3.63, 3.8) is 0 Å². The molecule has 17 heavy (non-hydrogen) atoms. The molecule has 2 rings (SSSR count). The highest BCUT2D eigenvalue weighted by Gasteiger charge is 2.07. The number of halogens is 2. The van der Waals surface area contributed by atoms with Crippen LogP contribution in [0.1, 0.15) is 16.8 Å². The molecule has 3 nitrogen and oxygen atoms in total. The average Bonchev–Trinajstić information content (AvgIpc) is 2.63. The standard InChI is InChI=1S/C12H9Cl2N3/c1-8-12(14)6-16-17(8)7-10-3-2-9(5-15)4-11(10)13/h2-4,6H,7H2,1H3. The molecule has 0 radical (unpaired) electrons. The van der Waals surface area contributed by atoms with E-state index in [-0.39, 0.29) is 0 Å². The van der Waals surface area contributed by atoms with Gasteiger partial charge in [0.05, 0.1) is 35.1 Å². The summed E-state index contributed by atoms with van der Waals surface area (Å²) in [7, 11) is 0. The third-order valence-electron chi connectivity index (χ3n) is 2.55. The van der Waals surface area contributed by atoms with Gasteiger partial charge in [-0.1, -0.05) is 29.3 Å². The van der Waals surface area contributed by atoms with Crippen molar-refractivity contribution in [3.05, 3.63) is 51.3 Å². The minimum atomic E-state index is 0.545. The Labute approximate surface area is 109 Å². The van der Waals surface area contributed by atoms with E-state index in [1.54, 1.807) is 23.0 Å². The highest BCUT2D eigenvalue weighted by Crippen LogP contribution is 2.20. The van der Waals surface area contributed by atoms with Crippen molar-refractivity contribution >= 4 is 23.2 Å². The first-order valence-electron chi connectivity index (χ1n) is 4.98. The molecule has 86 valence electrons. The van der Waals surface area contributed by atoms with E-state index in [9.17, 15) is 0 Å². The van der Waals surface area contributed by atoms with Gasteiger partial charge >= 0.3 is 0 Å². The smallest absolute Gasteiger partial charge is 0.0992 e. The topological polar surface area (TPSA) is 41.6 Å². The normalized spacial score (nSPS) is 10.2. The number of hydrogen-bond acceptors (Lipinski definition) is 2. The zero-order valence-corrected chi connectivity index (χ0v) is 10.6. The summed E-state index contributed by atoms with van der Waals surface area (Å²) in [6, 6.07) is 7.26. The van der Waals surface area contributed by atoms with Crippen LogP contribution in [0.4, 0.5) is 0 Å². The zero-order chi connectivity index (χ0) is 12.4. The van der Waals surface area contributed by atoms with Crippen LogP contribution in [-0.4, -0.2) is 9.78 Å². The van der Waals surface area contributed by atoms with E-state index >= 15 is 0 Å². The summed E-state index contributed by atoms with van der Waals surface area (Å²) in [5.41, 5.74) is 2.36. The fourth-order valence-corrected chi connectivity index (χ4v) is 1.87. The van der Waals surface area contributed by atoms with Crippen LogP contribution in [0.5, 0.6) is 0 Å². The van der Waals surface area contributed by atoms with E-state index in [1.807, 2.05) is 19.1 Å². The number of nitriles is 1. The maximum Gasteiger partial charge on any atom is 0.0992 e. The molecule has 5 heteroatoms. The van der Waals surface area contributed by atoms with Gasteiger partial charge in [0.1, 0.15) is 0 Å². The first-order chi connectivity index (χ1) is 8.11. The fraction of sp³-hybridized carbons (Fsp3) is 0.167. The van der Waals surface area contributed by atoms with E-state index in [4.69, 9.17) is 28.5 Å². The van der Waals surface area contributed by atoms with Gasteiger partial charge in [-0.25, -0.2) is 0 Å². The van der Waals surface area contributed by atoms with Crippen LogP contribution >= 0.6 is 23.2 Å². The number of benzene rings is 1. The molecule has 1 aromatic heterocycles. The van der Waals surface area contributed by atoms with Crippen molar-refractivity contribution in [2.75, 3.05) is 0 Å². The fourth-order valence-electron chi connectivity index (χ4n) is 1.49. The molecule has 0 spiro atoms. The van der Waals surface area contributed by atoms with E-state index in [0.717, 1.165) is 11.3 Å². The number of nitrogens with zero attached hydrogens (tertiary/aromatic N) is 3. The van der Waals surface area contributed by atoms with Gasteiger partial charge in [-0.2, -0.15) is 10.4 Å². The van der Waals surface area contributed by atoms with E-state index < -0.39 is 0 Å². The van der Waals surface area contributed by atoms with Crippen molar-refractivity contribution in [2.24, 2.45) is 0 Å². The Balaban J connectivity index is 2.31. The van der Waals surface area contributed by atoms with E-state index in [2.05, 4.69) is 5.10 Å². The quantitative estimate of drug-likeness (QED) is 0.835. The Morgan fingerprint density at radius 1 is 1.35 bits per heavy atom. The van der Waals surface area contributed by atoms with Crippen LogP contribution in [0.25, 0.3) is 0 Å². The van der Waals surface area contributed by atoms with Crippen LogP contribution < -0.4 is 0 Å². The van der Waals surface area contributed by atoms with Crippen LogP contribution in [0.2, 0.25) is 10.0 Å². The van der Waals surface area contributed by atoms with Gasteiger partial charge in [-0.15, -0.1) is 0 Å². The van der Waals surface area contributed by atoms with E-state index in [0.29, 0.717) is 22.2 Å². The molecule has 0 N–H and O–H groups in total. The van der Waals surface area contributed by atoms with Gasteiger partial charge in [-0.05, 0) is 24.6 Å². The van der Waals surface area contributed by atoms with Crippen molar-refractivity contribution < 1.29 is 0 Å². The first-order valence-corrected chi connectivity index (χ1v) is 5.74. The van der Waals surface area contributed by atoms with Crippen molar-refractivity contribution in [2.45, 2.75) is 13.5 Å². The second-order valence-corrected chi connectivity index (χ2v) is 4.47. The number of aromatic nitrogens is 2. The van der Waals surface area contributed by atoms with Gasteiger partial charge < -0.3 is 0 Å².